The molecule has 1 fully saturated rings. The van der Waals surface area contributed by atoms with Gasteiger partial charge in [0.1, 0.15) is 11.6 Å². The molecule has 7 nitrogen and oxygen atoms in total. The number of carbonyl (C=O) groups is 1. The van der Waals surface area contributed by atoms with E-state index in [0.29, 0.717) is 41.1 Å². The maximum atomic E-state index is 13.2. The number of nitrogens with zero attached hydrogens (tertiary/aromatic N) is 4. The summed E-state index contributed by atoms with van der Waals surface area (Å²) in [6.45, 7) is 7.65. The quantitative estimate of drug-likeness (QED) is 0.431. The summed E-state index contributed by atoms with van der Waals surface area (Å²) in [7, 11) is 1.70. The molecule has 4 aromatic rings. The first-order valence-corrected chi connectivity index (χ1v) is 12.2. The molecule has 0 radical (unpaired) electrons. The fourth-order valence-corrected chi connectivity index (χ4v) is 4.86. The summed E-state index contributed by atoms with van der Waals surface area (Å²) < 4.78 is 7.11. The Hall–Kier alpha value is -3.97. The van der Waals surface area contributed by atoms with Crippen molar-refractivity contribution in [1.82, 2.24) is 19.4 Å². The minimum absolute atomic E-state index is 0.00930. The Morgan fingerprint density at radius 1 is 0.944 bits per heavy atom. The van der Waals surface area contributed by atoms with Crippen LogP contribution < -0.4 is 10.3 Å². The SMILES string of the molecule is COc1ccc(C)cc1CN1CCN(C(=O)c2ccc(-n3c(C)nc4ccccc4c3=O)cc2)CC1. The molecule has 1 aromatic heterocycles. The topological polar surface area (TPSA) is 67.7 Å². The Morgan fingerprint density at radius 3 is 2.39 bits per heavy atom. The molecule has 7 heteroatoms. The molecule has 3 aromatic carbocycles. The Balaban J connectivity index is 1.27. The number of benzene rings is 3. The number of aryl methyl sites for hydroxylation is 2. The normalized spacial score (nSPS) is 14.2. The van der Waals surface area contributed by atoms with E-state index in [1.807, 2.05) is 48.2 Å². The van der Waals surface area contributed by atoms with Crippen LogP contribution in [-0.4, -0.2) is 58.5 Å². The maximum absolute atomic E-state index is 13.2. The van der Waals surface area contributed by atoms with E-state index in [1.165, 1.54) is 11.1 Å². The molecule has 0 unspecified atom stereocenters. The molecule has 1 aliphatic heterocycles. The van der Waals surface area contributed by atoms with E-state index in [4.69, 9.17) is 4.74 Å². The standard InChI is InChI=1S/C29H30N4O3/c1-20-8-13-27(36-3)23(18-20)19-31-14-16-32(17-15-31)28(34)22-9-11-24(12-10-22)33-21(2)30-26-7-5-4-6-25(26)29(33)35/h4-13,18H,14-17,19H2,1-3H3. The lowest BCUT2D eigenvalue weighted by Crippen LogP contribution is -2.48. The van der Waals surface area contributed by atoms with Crippen LogP contribution in [0.1, 0.15) is 27.3 Å². The molecule has 0 aliphatic carbocycles. The summed E-state index contributed by atoms with van der Waals surface area (Å²) in [5.74, 6) is 1.52. The van der Waals surface area contributed by atoms with Crippen molar-refractivity contribution in [1.29, 1.82) is 0 Å². The summed E-state index contributed by atoms with van der Waals surface area (Å²) in [5, 5.41) is 0.574. The highest BCUT2D eigenvalue weighted by atomic mass is 16.5. The van der Waals surface area contributed by atoms with E-state index in [9.17, 15) is 9.59 Å². The van der Waals surface area contributed by atoms with Gasteiger partial charge in [0.05, 0.1) is 23.7 Å². The lowest BCUT2D eigenvalue weighted by Gasteiger charge is -2.35. The van der Waals surface area contributed by atoms with Gasteiger partial charge in [0.15, 0.2) is 0 Å². The minimum atomic E-state index is -0.112. The van der Waals surface area contributed by atoms with Crippen molar-refractivity contribution in [2.24, 2.45) is 0 Å². The van der Waals surface area contributed by atoms with E-state index in [2.05, 4.69) is 28.9 Å². The van der Waals surface area contributed by atoms with Crippen molar-refractivity contribution in [2.45, 2.75) is 20.4 Å². The molecule has 0 saturated carbocycles. The second-order valence-electron chi connectivity index (χ2n) is 9.25. The van der Waals surface area contributed by atoms with Gasteiger partial charge in [-0.05, 0) is 56.3 Å². The fourth-order valence-electron chi connectivity index (χ4n) is 4.86. The van der Waals surface area contributed by atoms with E-state index in [-0.39, 0.29) is 11.5 Å². The van der Waals surface area contributed by atoms with Crippen molar-refractivity contribution < 1.29 is 9.53 Å². The van der Waals surface area contributed by atoms with Gasteiger partial charge in [-0.3, -0.25) is 19.1 Å². The van der Waals surface area contributed by atoms with Crippen LogP contribution in [-0.2, 0) is 6.54 Å². The van der Waals surface area contributed by atoms with Gasteiger partial charge >= 0.3 is 0 Å². The number of para-hydroxylation sites is 1. The maximum Gasteiger partial charge on any atom is 0.265 e. The monoisotopic (exact) mass is 482 g/mol. The van der Waals surface area contributed by atoms with Gasteiger partial charge in [-0.25, -0.2) is 4.98 Å². The second kappa shape index (κ2) is 9.95. The predicted molar refractivity (Wildman–Crippen MR) is 141 cm³/mol. The van der Waals surface area contributed by atoms with Crippen LogP contribution in [0.5, 0.6) is 5.75 Å². The van der Waals surface area contributed by atoms with Crippen molar-refractivity contribution in [2.75, 3.05) is 33.3 Å². The van der Waals surface area contributed by atoms with Crippen LogP contribution in [0, 0.1) is 13.8 Å². The predicted octanol–water partition coefficient (Wildman–Crippen LogP) is 3.97. The molecule has 0 spiro atoms. The largest absolute Gasteiger partial charge is 0.496 e. The molecule has 0 N–H and O–H groups in total. The van der Waals surface area contributed by atoms with Crippen LogP contribution in [0.4, 0.5) is 0 Å². The molecular weight excluding hydrogens is 452 g/mol. The number of piperazine rings is 1. The molecule has 36 heavy (non-hydrogen) atoms. The zero-order chi connectivity index (χ0) is 25.2. The Kier molecular flexibility index (Phi) is 6.57. The number of rotatable bonds is 5. The highest BCUT2D eigenvalue weighted by molar-refractivity contribution is 5.94. The van der Waals surface area contributed by atoms with Crippen molar-refractivity contribution in [3.8, 4) is 11.4 Å². The van der Waals surface area contributed by atoms with Gasteiger partial charge in [0.2, 0.25) is 0 Å². The molecular formula is C29H30N4O3. The highest BCUT2D eigenvalue weighted by Crippen LogP contribution is 2.22. The average Bonchev–Trinajstić information content (AvgIpc) is 2.89. The lowest BCUT2D eigenvalue weighted by atomic mass is 10.1. The Bertz CT molecular complexity index is 1470. The van der Waals surface area contributed by atoms with Gasteiger partial charge in [-0.2, -0.15) is 0 Å². The Morgan fingerprint density at radius 2 is 1.67 bits per heavy atom. The van der Waals surface area contributed by atoms with Gasteiger partial charge in [-0.15, -0.1) is 0 Å². The average molecular weight is 483 g/mol. The number of hydrogen-bond donors (Lipinski definition) is 0. The summed E-state index contributed by atoms with van der Waals surface area (Å²) in [6, 6.07) is 20.8. The van der Waals surface area contributed by atoms with Gasteiger partial charge < -0.3 is 9.64 Å². The third-order valence-corrected chi connectivity index (χ3v) is 6.81. The summed E-state index contributed by atoms with van der Waals surface area (Å²) >= 11 is 0. The Labute approximate surface area is 210 Å². The molecule has 1 aliphatic rings. The van der Waals surface area contributed by atoms with E-state index >= 15 is 0 Å². The van der Waals surface area contributed by atoms with Crippen molar-refractivity contribution in [3.05, 3.63) is 99.6 Å². The smallest absolute Gasteiger partial charge is 0.265 e. The van der Waals surface area contributed by atoms with E-state index < -0.39 is 0 Å². The molecule has 2 heterocycles. The van der Waals surface area contributed by atoms with Crippen LogP contribution >= 0.6 is 0 Å². The summed E-state index contributed by atoms with van der Waals surface area (Å²) in [4.78, 5) is 35.1. The van der Waals surface area contributed by atoms with Gasteiger partial charge in [0, 0.05) is 43.9 Å². The third kappa shape index (κ3) is 4.62. The molecule has 0 bridgehead atoms. The zero-order valence-corrected chi connectivity index (χ0v) is 20.9. The highest BCUT2D eigenvalue weighted by Gasteiger charge is 2.23. The fraction of sp³-hybridized carbons (Fsp3) is 0.276. The molecule has 1 saturated heterocycles. The number of ether oxygens (including phenoxy) is 1. The number of aromatic nitrogens is 2. The van der Waals surface area contributed by atoms with Crippen LogP contribution in [0.3, 0.4) is 0 Å². The second-order valence-corrected chi connectivity index (χ2v) is 9.25. The first kappa shape index (κ1) is 23.8. The zero-order valence-electron chi connectivity index (χ0n) is 20.9. The first-order chi connectivity index (χ1) is 17.4. The van der Waals surface area contributed by atoms with Crippen LogP contribution in [0.15, 0.2) is 71.5 Å². The summed E-state index contributed by atoms with van der Waals surface area (Å²) in [6.07, 6.45) is 0. The van der Waals surface area contributed by atoms with Crippen molar-refractivity contribution >= 4 is 16.8 Å². The molecule has 184 valence electrons. The lowest BCUT2D eigenvalue weighted by molar-refractivity contribution is 0.0627. The first-order valence-electron chi connectivity index (χ1n) is 12.2. The number of hydrogen-bond acceptors (Lipinski definition) is 5. The van der Waals surface area contributed by atoms with Crippen LogP contribution in [0.25, 0.3) is 16.6 Å². The minimum Gasteiger partial charge on any atom is -0.496 e. The van der Waals surface area contributed by atoms with Gasteiger partial charge in [-0.1, -0.05) is 29.8 Å². The number of amides is 1. The van der Waals surface area contributed by atoms with Gasteiger partial charge in [0.25, 0.3) is 11.5 Å². The number of methoxy groups -OCH3 is 1. The van der Waals surface area contributed by atoms with E-state index in [1.54, 1.807) is 29.9 Å². The van der Waals surface area contributed by atoms with Crippen molar-refractivity contribution in [3.63, 3.8) is 0 Å². The molecule has 0 atom stereocenters. The van der Waals surface area contributed by atoms with Crippen LogP contribution in [0.2, 0.25) is 0 Å². The number of fused-ring (bicyclic) bond motifs is 1. The van der Waals surface area contributed by atoms with E-state index in [0.717, 1.165) is 25.4 Å². The summed E-state index contributed by atoms with van der Waals surface area (Å²) in [5.41, 5.74) is 4.26. The third-order valence-electron chi connectivity index (χ3n) is 6.81. The number of carbonyl (C=O) groups excluding carboxylic acids is 1. The molecule has 1 amide bonds. The molecule has 5 rings (SSSR count).